The fraction of sp³-hybridized carbons (Fsp3) is 0.353. The number of likely N-dealkylation sites (N-methyl/N-ethyl adjacent to an activating group) is 1. The highest BCUT2D eigenvalue weighted by Gasteiger charge is 2.07. The van der Waals surface area contributed by atoms with Gasteiger partial charge >= 0.3 is 5.97 Å². The third-order valence-corrected chi connectivity index (χ3v) is 3.04. The summed E-state index contributed by atoms with van der Waals surface area (Å²) < 4.78 is 4.80. The first-order chi connectivity index (χ1) is 11.1. The van der Waals surface area contributed by atoms with Crippen LogP contribution in [0.15, 0.2) is 30.3 Å². The van der Waals surface area contributed by atoms with Crippen molar-refractivity contribution >= 4 is 23.6 Å². The normalized spacial score (nSPS) is 10.1. The number of carbonyl (C=O) groups is 2. The van der Waals surface area contributed by atoms with E-state index in [1.54, 1.807) is 20.0 Å². The van der Waals surface area contributed by atoms with E-state index in [1.807, 2.05) is 30.3 Å². The van der Waals surface area contributed by atoms with Crippen molar-refractivity contribution in [2.75, 3.05) is 32.1 Å². The highest BCUT2D eigenvalue weighted by molar-refractivity contribution is 5.87. The zero-order chi connectivity index (χ0) is 17.1. The second kappa shape index (κ2) is 10.0. The summed E-state index contributed by atoms with van der Waals surface area (Å²) in [6.45, 7) is 2.70. The molecule has 0 bridgehead atoms. The van der Waals surface area contributed by atoms with Gasteiger partial charge in [0.2, 0.25) is 5.91 Å². The van der Waals surface area contributed by atoms with Crippen molar-refractivity contribution in [1.29, 1.82) is 5.26 Å². The molecule has 122 valence electrons. The van der Waals surface area contributed by atoms with Gasteiger partial charge in [-0.1, -0.05) is 12.1 Å². The first kappa shape index (κ1) is 18.2. The summed E-state index contributed by atoms with van der Waals surface area (Å²) in [5.74, 6) is -0.452. The summed E-state index contributed by atoms with van der Waals surface area (Å²) in [4.78, 5) is 24.6. The highest BCUT2D eigenvalue weighted by Crippen LogP contribution is 2.10. The molecule has 0 saturated carbocycles. The highest BCUT2D eigenvalue weighted by atomic mass is 16.5. The number of hydrogen-bond donors (Lipinski definition) is 1. The Labute approximate surface area is 136 Å². The molecule has 0 radical (unpaired) electrons. The Hall–Kier alpha value is -2.81. The lowest BCUT2D eigenvalue weighted by Crippen LogP contribution is -2.32. The third kappa shape index (κ3) is 7.14. The predicted molar refractivity (Wildman–Crippen MR) is 88.5 cm³/mol. The van der Waals surface area contributed by atoms with Gasteiger partial charge in [-0.15, -0.1) is 0 Å². The van der Waals surface area contributed by atoms with Crippen molar-refractivity contribution in [2.24, 2.45) is 0 Å². The SMILES string of the molecule is CCOC(=O)/C=C\c1ccc(NCC(=O)N(C)CCC#N)cc1. The van der Waals surface area contributed by atoms with Crippen LogP contribution in [-0.4, -0.2) is 43.5 Å². The standard InChI is InChI=1S/C17H21N3O3/c1-3-23-17(22)10-7-14-5-8-15(9-6-14)19-13-16(21)20(2)12-4-11-18/h5-10,19H,3-4,12-13H2,1-2H3/b10-7-. The van der Waals surface area contributed by atoms with E-state index in [0.717, 1.165) is 11.3 Å². The number of carbonyl (C=O) groups excluding carboxylic acids is 2. The smallest absolute Gasteiger partial charge is 0.330 e. The Morgan fingerprint density at radius 3 is 2.65 bits per heavy atom. The fourth-order valence-electron chi connectivity index (χ4n) is 1.72. The Balaban J connectivity index is 2.47. The molecular formula is C17H21N3O3. The number of nitrogens with one attached hydrogen (secondary N) is 1. The lowest BCUT2D eigenvalue weighted by atomic mass is 10.2. The molecule has 0 atom stereocenters. The van der Waals surface area contributed by atoms with Crippen LogP contribution in [-0.2, 0) is 14.3 Å². The van der Waals surface area contributed by atoms with Gasteiger partial charge < -0.3 is 15.0 Å². The molecule has 1 amide bonds. The van der Waals surface area contributed by atoms with Crippen LogP contribution < -0.4 is 5.32 Å². The summed E-state index contributed by atoms with van der Waals surface area (Å²) in [5.41, 5.74) is 1.67. The van der Waals surface area contributed by atoms with Gasteiger partial charge in [-0.2, -0.15) is 5.26 Å². The molecule has 0 heterocycles. The maximum absolute atomic E-state index is 11.8. The topological polar surface area (TPSA) is 82.4 Å². The van der Waals surface area contributed by atoms with Crippen LogP contribution in [0.1, 0.15) is 18.9 Å². The van der Waals surface area contributed by atoms with Gasteiger partial charge in [-0.05, 0) is 30.7 Å². The van der Waals surface area contributed by atoms with Gasteiger partial charge in [0.1, 0.15) is 0 Å². The Kier molecular flexibility index (Phi) is 7.94. The first-order valence-electron chi connectivity index (χ1n) is 7.36. The minimum atomic E-state index is -0.374. The number of amides is 1. The van der Waals surface area contributed by atoms with Crippen LogP contribution in [0.25, 0.3) is 6.08 Å². The number of nitriles is 1. The summed E-state index contributed by atoms with van der Waals surface area (Å²) in [5, 5.41) is 11.5. The molecule has 0 spiro atoms. The molecule has 0 aromatic heterocycles. The number of anilines is 1. The van der Waals surface area contributed by atoms with E-state index in [9.17, 15) is 9.59 Å². The Morgan fingerprint density at radius 1 is 1.35 bits per heavy atom. The van der Waals surface area contributed by atoms with Gasteiger partial charge in [0.25, 0.3) is 0 Å². The second-order valence-corrected chi connectivity index (χ2v) is 4.78. The van der Waals surface area contributed by atoms with Crippen molar-refractivity contribution in [3.8, 4) is 6.07 Å². The molecular weight excluding hydrogens is 294 g/mol. The molecule has 6 heteroatoms. The van der Waals surface area contributed by atoms with Crippen LogP contribution in [0.5, 0.6) is 0 Å². The number of rotatable bonds is 8. The molecule has 0 aliphatic carbocycles. The fourth-order valence-corrected chi connectivity index (χ4v) is 1.72. The summed E-state index contributed by atoms with van der Waals surface area (Å²) in [6.07, 6.45) is 3.37. The van der Waals surface area contributed by atoms with Crippen molar-refractivity contribution in [2.45, 2.75) is 13.3 Å². The average molecular weight is 315 g/mol. The van der Waals surface area contributed by atoms with Crippen molar-refractivity contribution < 1.29 is 14.3 Å². The predicted octanol–water partition coefficient (Wildman–Crippen LogP) is 2.05. The largest absolute Gasteiger partial charge is 0.463 e. The summed E-state index contributed by atoms with van der Waals surface area (Å²) in [6, 6.07) is 9.33. The van der Waals surface area contributed by atoms with Crippen LogP contribution in [0, 0.1) is 11.3 Å². The van der Waals surface area contributed by atoms with E-state index in [2.05, 4.69) is 5.32 Å². The summed E-state index contributed by atoms with van der Waals surface area (Å²) in [7, 11) is 1.67. The number of esters is 1. The van der Waals surface area contributed by atoms with Crippen LogP contribution >= 0.6 is 0 Å². The zero-order valence-corrected chi connectivity index (χ0v) is 13.4. The van der Waals surface area contributed by atoms with Crippen LogP contribution in [0.4, 0.5) is 5.69 Å². The van der Waals surface area contributed by atoms with E-state index in [1.165, 1.54) is 11.0 Å². The van der Waals surface area contributed by atoms with Crippen molar-refractivity contribution in [3.63, 3.8) is 0 Å². The van der Waals surface area contributed by atoms with Crippen LogP contribution in [0.2, 0.25) is 0 Å². The minimum Gasteiger partial charge on any atom is -0.463 e. The van der Waals surface area contributed by atoms with E-state index in [4.69, 9.17) is 10.00 Å². The molecule has 23 heavy (non-hydrogen) atoms. The van der Waals surface area contributed by atoms with Gasteiger partial charge in [0.15, 0.2) is 0 Å². The number of hydrogen-bond acceptors (Lipinski definition) is 5. The minimum absolute atomic E-state index is 0.0773. The first-order valence-corrected chi connectivity index (χ1v) is 7.36. The van der Waals surface area contributed by atoms with E-state index < -0.39 is 0 Å². The quantitative estimate of drug-likeness (QED) is 0.586. The van der Waals surface area contributed by atoms with E-state index in [0.29, 0.717) is 19.6 Å². The van der Waals surface area contributed by atoms with Gasteiger partial charge in [-0.25, -0.2) is 4.79 Å². The molecule has 0 fully saturated rings. The Morgan fingerprint density at radius 2 is 2.04 bits per heavy atom. The molecule has 0 unspecified atom stereocenters. The maximum atomic E-state index is 11.8. The molecule has 1 aromatic rings. The zero-order valence-electron chi connectivity index (χ0n) is 13.4. The molecule has 1 rings (SSSR count). The van der Waals surface area contributed by atoms with E-state index >= 15 is 0 Å². The lowest BCUT2D eigenvalue weighted by molar-refractivity contribution is -0.137. The molecule has 0 aliphatic heterocycles. The van der Waals surface area contributed by atoms with Gasteiger partial charge in [0.05, 0.1) is 25.6 Å². The van der Waals surface area contributed by atoms with Crippen molar-refractivity contribution in [3.05, 3.63) is 35.9 Å². The van der Waals surface area contributed by atoms with Crippen molar-refractivity contribution in [1.82, 2.24) is 4.90 Å². The number of benzene rings is 1. The molecule has 1 aromatic carbocycles. The molecule has 6 nitrogen and oxygen atoms in total. The number of nitrogens with zero attached hydrogens (tertiary/aromatic N) is 2. The second-order valence-electron chi connectivity index (χ2n) is 4.78. The molecule has 0 aliphatic rings. The van der Waals surface area contributed by atoms with Gasteiger partial charge in [0, 0.05) is 25.4 Å². The van der Waals surface area contributed by atoms with E-state index in [-0.39, 0.29) is 18.4 Å². The number of ether oxygens (including phenoxy) is 1. The lowest BCUT2D eigenvalue weighted by Gasteiger charge is -2.16. The third-order valence-electron chi connectivity index (χ3n) is 3.04. The van der Waals surface area contributed by atoms with Gasteiger partial charge in [-0.3, -0.25) is 4.79 Å². The monoisotopic (exact) mass is 315 g/mol. The Bertz CT molecular complexity index is 588. The van der Waals surface area contributed by atoms with Crippen LogP contribution in [0.3, 0.4) is 0 Å². The average Bonchev–Trinajstić information content (AvgIpc) is 2.56. The maximum Gasteiger partial charge on any atom is 0.330 e. The molecule has 1 N–H and O–H groups in total. The summed E-state index contributed by atoms with van der Waals surface area (Å²) >= 11 is 0. The molecule has 0 saturated heterocycles.